The molecule has 0 radical (unpaired) electrons. The molecule has 7 heteroatoms. The van der Waals surface area contributed by atoms with Crippen LogP contribution in [0.4, 0.5) is 5.69 Å². The minimum atomic E-state index is -1.01. The van der Waals surface area contributed by atoms with Crippen molar-refractivity contribution in [3.63, 3.8) is 0 Å². The van der Waals surface area contributed by atoms with Crippen LogP contribution < -0.4 is 10.1 Å². The molecule has 1 N–H and O–H groups in total. The highest BCUT2D eigenvalue weighted by atomic mass is 35.5. The van der Waals surface area contributed by atoms with Crippen molar-refractivity contribution < 1.29 is 23.9 Å². The predicted molar refractivity (Wildman–Crippen MR) is 102 cm³/mol. The lowest BCUT2D eigenvalue weighted by Gasteiger charge is -2.18. The van der Waals surface area contributed by atoms with Crippen molar-refractivity contribution in [2.75, 3.05) is 5.32 Å². The Labute approximate surface area is 162 Å². The third-order valence-electron chi connectivity index (χ3n) is 3.68. The molecule has 1 amide bonds. The van der Waals surface area contributed by atoms with Gasteiger partial charge < -0.3 is 14.8 Å². The van der Waals surface area contributed by atoms with Crippen molar-refractivity contribution in [2.45, 2.75) is 33.0 Å². The number of carbonyl (C=O) groups excluding carboxylic acids is 3. The quantitative estimate of drug-likeness (QED) is 0.574. The number of benzene rings is 2. The van der Waals surface area contributed by atoms with Crippen molar-refractivity contribution >= 4 is 34.9 Å². The first-order valence-electron chi connectivity index (χ1n) is 8.31. The monoisotopic (exact) mass is 389 g/mol. The minimum absolute atomic E-state index is 0.0650. The summed E-state index contributed by atoms with van der Waals surface area (Å²) in [6.45, 7) is 4.45. The lowest BCUT2D eigenvalue weighted by molar-refractivity contribution is -0.159. The summed E-state index contributed by atoms with van der Waals surface area (Å²) in [5, 5.41) is 3.18. The molecule has 0 fully saturated rings. The fourth-order valence-corrected chi connectivity index (χ4v) is 2.25. The van der Waals surface area contributed by atoms with Gasteiger partial charge in [0.1, 0.15) is 5.75 Å². The summed E-state index contributed by atoms with van der Waals surface area (Å²) in [6, 6.07) is 13.0. The first-order chi connectivity index (χ1) is 12.8. The number of amides is 1. The zero-order valence-corrected chi connectivity index (χ0v) is 15.9. The highest BCUT2D eigenvalue weighted by Gasteiger charge is 2.23. The summed E-state index contributed by atoms with van der Waals surface area (Å²) in [7, 11) is 0. The first-order valence-corrected chi connectivity index (χ1v) is 8.68. The normalized spacial score (nSPS) is 12.6. The van der Waals surface area contributed by atoms with Crippen molar-refractivity contribution in [1.29, 1.82) is 0 Å². The second-order valence-corrected chi connectivity index (χ2v) is 6.35. The van der Waals surface area contributed by atoms with Crippen LogP contribution in [-0.4, -0.2) is 29.9 Å². The largest absolute Gasteiger partial charge is 0.479 e. The van der Waals surface area contributed by atoms with E-state index in [0.717, 1.165) is 0 Å². The van der Waals surface area contributed by atoms with E-state index in [-0.39, 0.29) is 5.78 Å². The fourth-order valence-electron chi connectivity index (χ4n) is 2.12. The molecule has 0 bridgehead atoms. The molecule has 0 aliphatic heterocycles. The molecule has 0 saturated carbocycles. The number of halogens is 1. The van der Waals surface area contributed by atoms with Crippen molar-refractivity contribution in [2.24, 2.45) is 0 Å². The maximum absolute atomic E-state index is 12.2. The van der Waals surface area contributed by atoms with Gasteiger partial charge in [0.25, 0.3) is 5.91 Å². The Hall–Kier alpha value is -2.86. The lowest BCUT2D eigenvalue weighted by atomic mass is 10.1. The summed E-state index contributed by atoms with van der Waals surface area (Å²) in [5.41, 5.74) is 1.04. The SMILES string of the molecule is CC(=O)c1ccc(NC(=O)[C@H](C)OC(=O)[C@H](C)Oc2ccc(Cl)cc2)cc1. The number of esters is 1. The molecular weight excluding hydrogens is 370 g/mol. The van der Waals surface area contributed by atoms with Crippen LogP contribution in [-0.2, 0) is 14.3 Å². The van der Waals surface area contributed by atoms with E-state index in [1.54, 1.807) is 48.5 Å². The Balaban J connectivity index is 1.87. The number of ketones is 1. The van der Waals surface area contributed by atoms with E-state index in [2.05, 4.69) is 5.32 Å². The summed E-state index contributed by atoms with van der Waals surface area (Å²) >= 11 is 5.80. The van der Waals surface area contributed by atoms with E-state index in [0.29, 0.717) is 22.0 Å². The Morgan fingerprint density at radius 3 is 2.07 bits per heavy atom. The molecule has 0 aliphatic carbocycles. The summed E-state index contributed by atoms with van der Waals surface area (Å²) in [6.07, 6.45) is -1.91. The van der Waals surface area contributed by atoms with Gasteiger partial charge in [-0.1, -0.05) is 11.6 Å². The van der Waals surface area contributed by atoms with Crippen LogP contribution in [0.1, 0.15) is 31.1 Å². The number of Topliss-reactive ketones (excluding diaryl/α,β-unsaturated/α-hetero) is 1. The Bertz CT molecular complexity index is 817. The summed E-state index contributed by atoms with van der Waals surface area (Å²) < 4.78 is 10.6. The van der Waals surface area contributed by atoms with Gasteiger partial charge in [0, 0.05) is 16.3 Å². The Kier molecular flexibility index (Phi) is 6.96. The highest BCUT2D eigenvalue weighted by Crippen LogP contribution is 2.17. The number of rotatable bonds is 7. The molecule has 0 heterocycles. The van der Waals surface area contributed by atoms with E-state index in [1.165, 1.54) is 20.8 Å². The lowest BCUT2D eigenvalue weighted by Crippen LogP contribution is -2.35. The highest BCUT2D eigenvalue weighted by molar-refractivity contribution is 6.30. The molecule has 2 aromatic carbocycles. The van der Waals surface area contributed by atoms with Crippen LogP contribution >= 0.6 is 11.6 Å². The zero-order valence-electron chi connectivity index (χ0n) is 15.2. The van der Waals surface area contributed by atoms with Gasteiger partial charge in [-0.25, -0.2) is 4.79 Å². The molecule has 27 heavy (non-hydrogen) atoms. The molecule has 0 saturated heterocycles. The summed E-state index contributed by atoms with van der Waals surface area (Å²) in [4.78, 5) is 35.5. The van der Waals surface area contributed by atoms with Crippen molar-refractivity contribution in [3.05, 3.63) is 59.1 Å². The average molecular weight is 390 g/mol. The van der Waals surface area contributed by atoms with Crippen LogP contribution in [0.5, 0.6) is 5.75 Å². The second-order valence-electron chi connectivity index (χ2n) is 5.92. The summed E-state index contributed by atoms with van der Waals surface area (Å²) in [5.74, 6) is -0.756. The number of ether oxygens (including phenoxy) is 2. The smallest absolute Gasteiger partial charge is 0.347 e. The maximum atomic E-state index is 12.2. The number of hydrogen-bond acceptors (Lipinski definition) is 5. The molecular formula is C20H20ClNO5. The van der Waals surface area contributed by atoms with Crippen LogP contribution in [0.2, 0.25) is 5.02 Å². The van der Waals surface area contributed by atoms with Gasteiger partial charge in [0.2, 0.25) is 0 Å². The molecule has 142 valence electrons. The van der Waals surface area contributed by atoms with Gasteiger partial charge in [-0.3, -0.25) is 9.59 Å². The molecule has 0 unspecified atom stereocenters. The molecule has 0 aromatic heterocycles. The van der Waals surface area contributed by atoms with Crippen molar-refractivity contribution in [1.82, 2.24) is 0 Å². The second kappa shape index (κ2) is 9.19. The van der Waals surface area contributed by atoms with Crippen LogP contribution in [0.15, 0.2) is 48.5 Å². The average Bonchev–Trinajstić information content (AvgIpc) is 2.63. The first kappa shape index (κ1) is 20.5. The van der Waals surface area contributed by atoms with Gasteiger partial charge in [0.15, 0.2) is 18.0 Å². The van der Waals surface area contributed by atoms with E-state index in [4.69, 9.17) is 21.1 Å². The van der Waals surface area contributed by atoms with Crippen LogP contribution in [0.25, 0.3) is 0 Å². The van der Waals surface area contributed by atoms with E-state index in [1.807, 2.05) is 0 Å². The zero-order chi connectivity index (χ0) is 20.0. The number of carbonyl (C=O) groups is 3. The Morgan fingerprint density at radius 2 is 1.52 bits per heavy atom. The molecule has 2 aromatic rings. The molecule has 0 spiro atoms. The minimum Gasteiger partial charge on any atom is -0.479 e. The van der Waals surface area contributed by atoms with Crippen LogP contribution in [0, 0.1) is 0 Å². The molecule has 0 aliphatic rings. The Morgan fingerprint density at radius 1 is 0.926 bits per heavy atom. The number of hydrogen-bond donors (Lipinski definition) is 1. The topological polar surface area (TPSA) is 81.7 Å². The maximum Gasteiger partial charge on any atom is 0.347 e. The molecule has 2 rings (SSSR count). The van der Waals surface area contributed by atoms with Gasteiger partial charge in [0.05, 0.1) is 0 Å². The third-order valence-corrected chi connectivity index (χ3v) is 3.93. The predicted octanol–water partition coefficient (Wildman–Crippen LogP) is 3.88. The fraction of sp³-hybridized carbons (Fsp3) is 0.250. The van der Waals surface area contributed by atoms with E-state index in [9.17, 15) is 14.4 Å². The van der Waals surface area contributed by atoms with E-state index < -0.39 is 24.1 Å². The standard InChI is InChI=1S/C20H20ClNO5/c1-12(23)15-4-8-17(9-5-15)22-19(24)13(2)27-20(25)14(3)26-18-10-6-16(21)7-11-18/h4-11,13-14H,1-3H3,(H,22,24)/t13-,14-/m0/s1. The number of anilines is 1. The number of nitrogens with one attached hydrogen (secondary N) is 1. The third kappa shape index (κ3) is 6.11. The van der Waals surface area contributed by atoms with Gasteiger partial charge >= 0.3 is 5.97 Å². The van der Waals surface area contributed by atoms with Crippen LogP contribution in [0.3, 0.4) is 0 Å². The van der Waals surface area contributed by atoms with Gasteiger partial charge in [-0.05, 0) is 69.3 Å². The van der Waals surface area contributed by atoms with Crippen molar-refractivity contribution in [3.8, 4) is 5.75 Å². The van der Waals surface area contributed by atoms with E-state index >= 15 is 0 Å². The van der Waals surface area contributed by atoms with Gasteiger partial charge in [-0.15, -0.1) is 0 Å². The van der Waals surface area contributed by atoms with Gasteiger partial charge in [-0.2, -0.15) is 0 Å². The molecule has 2 atom stereocenters. The molecule has 6 nitrogen and oxygen atoms in total.